The SMILES string of the molecule is C[C@@H](NCc1nc(N(C)C)no1)[C@@H](C)c1ccccc1. The van der Waals surface area contributed by atoms with Crippen LogP contribution in [0.2, 0.25) is 0 Å². The third-order valence-electron chi connectivity index (χ3n) is 3.51. The first-order valence-electron chi connectivity index (χ1n) is 6.86. The number of nitrogens with zero attached hydrogens (tertiary/aromatic N) is 3. The second kappa shape index (κ2) is 6.52. The van der Waals surface area contributed by atoms with Crippen molar-refractivity contribution >= 4 is 5.95 Å². The lowest BCUT2D eigenvalue weighted by molar-refractivity contribution is 0.352. The molecular formula is C15H22N4O. The van der Waals surface area contributed by atoms with Crippen LogP contribution in [0.3, 0.4) is 0 Å². The fraction of sp³-hybridized carbons (Fsp3) is 0.467. The maximum absolute atomic E-state index is 5.20. The maximum atomic E-state index is 5.20. The van der Waals surface area contributed by atoms with Gasteiger partial charge < -0.3 is 14.7 Å². The quantitative estimate of drug-likeness (QED) is 0.876. The predicted molar refractivity (Wildman–Crippen MR) is 79.8 cm³/mol. The summed E-state index contributed by atoms with van der Waals surface area (Å²) in [6.45, 7) is 4.96. The van der Waals surface area contributed by atoms with Gasteiger partial charge in [-0.15, -0.1) is 0 Å². The molecule has 1 aromatic carbocycles. The third-order valence-corrected chi connectivity index (χ3v) is 3.51. The Balaban J connectivity index is 1.89. The van der Waals surface area contributed by atoms with Crippen LogP contribution in [0.5, 0.6) is 0 Å². The van der Waals surface area contributed by atoms with Crippen molar-refractivity contribution in [2.75, 3.05) is 19.0 Å². The Kier molecular flexibility index (Phi) is 4.74. The largest absolute Gasteiger partial charge is 0.344 e. The summed E-state index contributed by atoms with van der Waals surface area (Å²) in [5, 5.41) is 7.33. The molecule has 1 aromatic heterocycles. The van der Waals surface area contributed by atoms with Crippen LogP contribution in [0, 0.1) is 0 Å². The number of aromatic nitrogens is 2. The van der Waals surface area contributed by atoms with Crippen LogP contribution in [0.15, 0.2) is 34.9 Å². The highest BCUT2D eigenvalue weighted by Crippen LogP contribution is 2.18. The summed E-state index contributed by atoms with van der Waals surface area (Å²) in [5.74, 6) is 1.64. The molecule has 1 N–H and O–H groups in total. The number of benzene rings is 1. The van der Waals surface area contributed by atoms with Crippen LogP contribution < -0.4 is 10.2 Å². The minimum Gasteiger partial charge on any atom is -0.344 e. The van der Waals surface area contributed by atoms with Gasteiger partial charge in [-0.1, -0.05) is 37.3 Å². The van der Waals surface area contributed by atoms with Crippen molar-refractivity contribution in [1.82, 2.24) is 15.5 Å². The molecule has 0 saturated heterocycles. The van der Waals surface area contributed by atoms with Crippen molar-refractivity contribution in [3.63, 3.8) is 0 Å². The van der Waals surface area contributed by atoms with Crippen LogP contribution >= 0.6 is 0 Å². The molecule has 0 amide bonds. The molecule has 0 aliphatic heterocycles. The molecule has 5 heteroatoms. The van der Waals surface area contributed by atoms with Gasteiger partial charge in [-0.3, -0.25) is 0 Å². The second-order valence-electron chi connectivity index (χ2n) is 5.25. The van der Waals surface area contributed by atoms with E-state index in [-0.39, 0.29) is 0 Å². The van der Waals surface area contributed by atoms with E-state index >= 15 is 0 Å². The fourth-order valence-corrected chi connectivity index (χ4v) is 1.97. The Morgan fingerprint density at radius 2 is 1.90 bits per heavy atom. The van der Waals surface area contributed by atoms with Crippen LogP contribution in [0.1, 0.15) is 31.2 Å². The predicted octanol–water partition coefficient (Wildman–Crippen LogP) is 2.42. The zero-order valence-corrected chi connectivity index (χ0v) is 12.5. The van der Waals surface area contributed by atoms with E-state index in [1.807, 2.05) is 25.1 Å². The molecule has 0 aliphatic carbocycles. The van der Waals surface area contributed by atoms with Crippen molar-refractivity contribution < 1.29 is 4.52 Å². The molecule has 5 nitrogen and oxygen atoms in total. The van der Waals surface area contributed by atoms with Crippen LogP contribution in [0.25, 0.3) is 0 Å². The molecule has 0 fully saturated rings. The monoisotopic (exact) mass is 274 g/mol. The number of rotatable bonds is 6. The number of anilines is 1. The lowest BCUT2D eigenvalue weighted by atomic mass is 9.94. The lowest BCUT2D eigenvalue weighted by Gasteiger charge is -2.20. The summed E-state index contributed by atoms with van der Waals surface area (Å²) in [5.41, 5.74) is 1.33. The van der Waals surface area contributed by atoms with E-state index in [9.17, 15) is 0 Å². The minimum absolute atomic E-state index is 0.326. The molecule has 0 radical (unpaired) electrons. The van der Waals surface area contributed by atoms with Gasteiger partial charge in [-0.25, -0.2) is 0 Å². The lowest BCUT2D eigenvalue weighted by Crippen LogP contribution is -2.30. The second-order valence-corrected chi connectivity index (χ2v) is 5.25. The van der Waals surface area contributed by atoms with E-state index < -0.39 is 0 Å². The molecule has 0 bridgehead atoms. The van der Waals surface area contributed by atoms with E-state index in [0.29, 0.717) is 30.3 Å². The molecule has 2 rings (SSSR count). The summed E-state index contributed by atoms with van der Waals surface area (Å²) < 4.78 is 5.20. The van der Waals surface area contributed by atoms with E-state index in [0.717, 1.165) is 0 Å². The molecule has 0 saturated carbocycles. The first-order valence-corrected chi connectivity index (χ1v) is 6.86. The van der Waals surface area contributed by atoms with Gasteiger partial charge in [-0.2, -0.15) is 4.98 Å². The Morgan fingerprint density at radius 1 is 1.20 bits per heavy atom. The summed E-state index contributed by atoms with van der Waals surface area (Å²) in [7, 11) is 3.78. The van der Waals surface area contributed by atoms with Gasteiger partial charge in [0.05, 0.1) is 6.54 Å². The Hall–Kier alpha value is -1.88. The molecular weight excluding hydrogens is 252 g/mol. The zero-order chi connectivity index (χ0) is 14.5. The molecule has 108 valence electrons. The van der Waals surface area contributed by atoms with Crippen LogP contribution in [-0.4, -0.2) is 30.3 Å². The van der Waals surface area contributed by atoms with Gasteiger partial charge in [0, 0.05) is 20.1 Å². The topological polar surface area (TPSA) is 54.2 Å². The van der Waals surface area contributed by atoms with Crippen molar-refractivity contribution in [2.24, 2.45) is 0 Å². The number of hydrogen-bond donors (Lipinski definition) is 1. The summed E-state index contributed by atoms with van der Waals surface area (Å²) in [4.78, 5) is 6.12. The van der Waals surface area contributed by atoms with Gasteiger partial charge in [0.25, 0.3) is 5.95 Å². The molecule has 2 aromatic rings. The van der Waals surface area contributed by atoms with E-state index in [1.165, 1.54) is 5.56 Å². The normalized spacial score (nSPS) is 14.0. The van der Waals surface area contributed by atoms with E-state index in [1.54, 1.807) is 0 Å². The van der Waals surface area contributed by atoms with Crippen molar-refractivity contribution in [2.45, 2.75) is 32.4 Å². The summed E-state index contributed by atoms with van der Waals surface area (Å²) in [6, 6.07) is 10.8. The first-order chi connectivity index (χ1) is 9.58. The molecule has 20 heavy (non-hydrogen) atoms. The van der Waals surface area contributed by atoms with Crippen LogP contribution in [-0.2, 0) is 6.54 Å². The van der Waals surface area contributed by atoms with Crippen LogP contribution in [0.4, 0.5) is 5.95 Å². The van der Waals surface area contributed by atoms with Gasteiger partial charge >= 0.3 is 0 Å². The third kappa shape index (κ3) is 3.57. The summed E-state index contributed by atoms with van der Waals surface area (Å²) >= 11 is 0. The minimum atomic E-state index is 0.326. The van der Waals surface area contributed by atoms with Crippen molar-refractivity contribution in [3.05, 3.63) is 41.8 Å². The van der Waals surface area contributed by atoms with Gasteiger partial charge in [0.2, 0.25) is 5.89 Å². The first kappa shape index (κ1) is 14.5. The van der Waals surface area contributed by atoms with Gasteiger partial charge in [0.15, 0.2) is 0 Å². The highest BCUT2D eigenvalue weighted by molar-refractivity contribution is 5.23. The Morgan fingerprint density at radius 3 is 2.50 bits per heavy atom. The number of hydrogen-bond acceptors (Lipinski definition) is 5. The van der Waals surface area contributed by atoms with Gasteiger partial charge in [-0.05, 0) is 23.6 Å². The number of nitrogens with one attached hydrogen (secondary N) is 1. The van der Waals surface area contributed by atoms with Crippen molar-refractivity contribution in [3.8, 4) is 0 Å². The summed E-state index contributed by atoms with van der Waals surface area (Å²) in [6.07, 6.45) is 0. The van der Waals surface area contributed by atoms with Crippen molar-refractivity contribution in [1.29, 1.82) is 0 Å². The standard InChI is InChI=1S/C15H22N4O/c1-11(13-8-6-5-7-9-13)12(2)16-10-14-17-15(18-20-14)19(3)4/h5-9,11-12,16H,10H2,1-4H3/t11-,12-/m1/s1. The van der Waals surface area contributed by atoms with E-state index in [2.05, 4.69) is 53.6 Å². The Bertz CT molecular complexity index is 524. The molecule has 2 atom stereocenters. The smallest absolute Gasteiger partial charge is 0.265 e. The molecule has 1 heterocycles. The average molecular weight is 274 g/mol. The highest BCUT2D eigenvalue weighted by Gasteiger charge is 2.15. The molecule has 0 unspecified atom stereocenters. The zero-order valence-electron chi connectivity index (χ0n) is 12.5. The Labute approximate surface area is 120 Å². The molecule has 0 aliphatic rings. The fourth-order valence-electron chi connectivity index (χ4n) is 1.97. The molecule has 0 spiro atoms. The average Bonchev–Trinajstić information content (AvgIpc) is 2.94. The van der Waals surface area contributed by atoms with Gasteiger partial charge in [0.1, 0.15) is 0 Å². The maximum Gasteiger partial charge on any atom is 0.265 e. The van der Waals surface area contributed by atoms with E-state index in [4.69, 9.17) is 4.52 Å². The highest BCUT2D eigenvalue weighted by atomic mass is 16.5.